The Morgan fingerprint density at radius 1 is 0.800 bits per heavy atom. The molecule has 0 fully saturated rings. The van der Waals surface area contributed by atoms with Crippen LogP contribution >= 0.6 is 37.3 Å². The highest BCUT2D eigenvalue weighted by Gasteiger charge is 2.02. The standard InChI is InChI=1S/C14H9Br.Cl2O2S/c15-14-9-10-5-1-2-6-11(10)12-7-3-4-8-13(12)14;1-5(2,3)4/h1-9H;. The van der Waals surface area contributed by atoms with Gasteiger partial charge in [0.25, 0.3) is 0 Å². The van der Waals surface area contributed by atoms with Crippen molar-refractivity contribution < 1.29 is 8.42 Å². The Labute approximate surface area is 134 Å². The molecule has 0 amide bonds. The third-order valence-corrected chi connectivity index (χ3v) is 3.37. The van der Waals surface area contributed by atoms with Gasteiger partial charge in [-0.1, -0.05) is 64.5 Å². The molecule has 0 heterocycles. The summed E-state index contributed by atoms with van der Waals surface area (Å²) in [5.74, 6) is 0. The van der Waals surface area contributed by atoms with E-state index in [0.717, 1.165) is 4.47 Å². The molecule has 0 saturated heterocycles. The third-order valence-electron chi connectivity index (χ3n) is 2.72. The van der Waals surface area contributed by atoms with Crippen LogP contribution in [0.4, 0.5) is 0 Å². The van der Waals surface area contributed by atoms with Crippen molar-refractivity contribution >= 4 is 67.1 Å². The van der Waals surface area contributed by atoms with Crippen molar-refractivity contribution in [2.75, 3.05) is 0 Å². The Morgan fingerprint density at radius 2 is 1.25 bits per heavy atom. The molecule has 0 aliphatic heterocycles. The van der Waals surface area contributed by atoms with Crippen LogP contribution in [0.25, 0.3) is 21.5 Å². The molecule has 0 radical (unpaired) electrons. The quantitative estimate of drug-likeness (QED) is 0.376. The van der Waals surface area contributed by atoms with Gasteiger partial charge in [-0.05, 0) is 27.6 Å². The molecule has 2 nitrogen and oxygen atoms in total. The SMILES string of the molecule is Brc1cc2ccccc2c2ccccc12.O=S(=O)(Cl)Cl. The second-order valence-electron chi connectivity index (χ2n) is 4.00. The van der Waals surface area contributed by atoms with Crippen molar-refractivity contribution in [3.05, 3.63) is 59.1 Å². The lowest BCUT2D eigenvalue weighted by Gasteiger charge is -2.05. The van der Waals surface area contributed by atoms with Gasteiger partial charge in [0.1, 0.15) is 0 Å². The first-order valence-corrected chi connectivity index (χ1v) is 9.49. The molecular weight excluding hydrogens is 383 g/mol. The fourth-order valence-electron chi connectivity index (χ4n) is 2.01. The van der Waals surface area contributed by atoms with Crippen LogP contribution in [0, 0.1) is 0 Å². The molecule has 0 aromatic heterocycles. The van der Waals surface area contributed by atoms with Crippen molar-refractivity contribution in [3.63, 3.8) is 0 Å². The first kappa shape index (κ1) is 15.6. The van der Waals surface area contributed by atoms with E-state index in [2.05, 4.69) is 91.9 Å². The summed E-state index contributed by atoms with van der Waals surface area (Å²) in [4.78, 5) is 0. The summed E-state index contributed by atoms with van der Waals surface area (Å²) in [6.07, 6.45) is 0. The zero-order valence-corrected chi connectivity index (χ0v) is 14.0. The molecule has 3 aromatic rings. The Hall–Kier alpha value is -0.810. The Morgan fingerprint density at radius 3 is 1.85 bits per heavy atom. The number of hydrogen-bond acceptors (Lipinski definition) is 2. The minimum Gasteiger partial charge on any atom is -0.195 e. The zero-order valence-electron chi connectivity index (χ0n) is 10.1. The van der Waals surface area contributed by atoms with Crippen LogP contribution in [-0.2, 0) is 8.26 Å². The molecule has 3 aromatic carbocycles. The van der Waals surface area contributed by atoms with Crippen molar-refractivity contribution in [2.45, 2.75) is 0 Å². The molecule has 0 aliphatic rings. The second-order valence-corrected chi connectivity index (χ2v) is 8.53. The van der Waals surface area contributed by atoms with E-state index in [1.807, 2.05) is 0 Å². The van der Waals surface area contributed by atoms with Gasteiger partial charge < -0.3 is 0 Å². The van der Waals surface area contributed by atoms with Crippen molar-refractivity contribution in [1.29, 1.82) is 0 Å². The molecular formula is C14H9BrCl2O2S. The molecule has 0 unspecified atom stereocenters. The van der Waals surface area contributed by atoms with Crippen LogP contribution in [0.3, 0.4) is 0 Å². The number of benzene rings is 3. The first-order chi connectivity index (χ1) is 9.36. The maximum Gasteiger partial charge on any atom is 0.317 e. The predicted molar refractivity (Wildman–Crippen MR) is 89.8 cm³/mol. The summed E-state index contributed by atoms with van der Waals surface area (Å²) in [6.45, 7) is 0. The molecule has 0 bridgehead atoms. The summed E-state index contributed by atoms with van der Waals surface area (Å²) in [6, 6.07) is 19.1. The molecule has 0 spiro atoms. The number of fused-ring (bicyclic) bond motifs is 3. The minimum atomic E-state index is -3.72. The van der Waals surface area contributed by atoms with Crippen LogP contribution in [-0.4, -0.2) is 8.42 Å². The van der Waals surface area contributed by atoms with E-state index in [9.17, 15) is 0 Å². The lowest BCUT2D eigenvalue weighted by Crippen LogP contribution is -1.78. The first-order valence-electron chi connectivity index (χ1n) is 5.56. The highest BCUT2D eigenvalue weighted by atomic mass is 79.9. The molecule has 6 heteroatoms. The summed E-state index contributed by atoms with van der Waals surface area (Å²) < 4.78 is 19.5. The largest absolute Gasteiger partial charge is 0.317 e. The van der Waals surface area contributed by atoms with Crippen LogP contribution in [0.1, 0.15) is 0 Å². The Kier molecular flexibility index (Phi) is 4.91. The van der Waals surface area contributed by atoms with E-state index in [4.69, 9.17) is 8.42 Å². The average Bonchev–Trinajstić information content (AvgIpc) is 2.37. The fraction of sp³-hybridized carbons (Fsp3) is 0. The number of rotatable bonds is 0. The van der Waals surface area contributed by atoms with Gasteiger partial charge in [-0.2, -0.15) is 8.42 Å². The highest BCUT2D eigenvalue weighted by molar-refractivity contribution is 9.10. The van der Waals surface area contributed by atoms with Gasteiger partial charge in [0.05, 0.1) is 0 Å². The van der Waals surface area contributed by atoms with Crippen molar-refractivity contribution in [3.8, 4) is 0 Å². The van der Waals surface area contributed by atoms with Gasteiger partial charge in [0.15, 0.2) is 0 Å². The molecule has 0 atom stereocenters. The third kappa shape index (κ3) is 4.09. The van der Waals surface area contributed by atoms with Gasteiger partial charge >= 0.3 is 8.26 Å². The maximum absolute atomic E-state index is 9.16. The van der Waals surface area contributed by atoms with E-state index in [-0.39, 0.29) is 0 Å². The normalized spacial score (nSPS) is 11.2. The van der Waals surface area contributed by atoms with Crippen LogP contribution < -0.4 is 0 Å². The van der Waals surface area contributed by atoms with Gasteiger partial charge in [-0.25, -0.2) is 0 Å². The van der Waals surface area contributed by atoms with Gasteiger partial charge in [0, 0.05) is 25.8 Å². The number of halogens is 3. The lowest BCUT2D eigenvalue weighted by molar-refractivity contribution is 0.621. The Bertz CT molecular complexity index is 855. The van der Waals surface area contributed by atoms with E-state index >= 15 is 0 Å². The smallest absolute Gasteiger partial charge is 0.195 e. The van der Waals surface area contributed by atoms with Crippen LogP contribution in [0.15, 0.2) is 59.1 Å². The van der Waals surface area contributed by atoms with Crippen molar-refractivity contribution in [2.24, 2.45) is 0 Å². The molecule has 0 aliphatic carbocycles. The zero-order chi connectivity index (χ0) is 14.8. The Balaban J connectivity index is 0.000000257. The summed E-state index contributed by atoms with van der Waals surface area (Å²) in [5, 5.41) is 5.18. The highest BCUT2D eigenvalue weighted by Crippen LogP contribution is 2.31. The molecule has 20 heavy (non-hydrogen) atoms. The molecule has 104 valence electrons. The van der Waals surface area contributed by atoms with Gasteiger partial charge in [0.2, 0.25) is 0 Å². The molecule has 3 rings (SSSR count). The van der Waals surface area contributed by atoms with Gasteiger partial charge in [-0.3, -0.25) is 0 Å². The average molecular weight is 392 g/mol. The van der Waals surface area contributed by atoms with E-state index < -0.39 is 8.26 Å². The molecule has 0 N–H and O–H groups in total. The summed E-state index contributed by atoms with van der Waals surface area (Å²) >= 11 is 3.62. The van der Waals surface area contributed by atoms with Gasteiger partial charge in [-0.15, -0.1) is 0 Å². The number of hydrogen-bond donors (Lipinski definition) is 0. The maximum atomic E-state index is 9.16. The van der Waals surface area contributed by atoms with Crippen LogP contribution in [0.2, 0.25) is 0 Å². The second kappa shape index (κ2) is 6.31. The van der Waals surface area contributed by atoms with E-state index in [0.29, 0.717) is 0 Å². The van der Waals surface area contributed by atoms with Crippen molar-refractivity contribution in [1.82, 2.24) is 0 Å². The lowest BCUT2D eigenvalue weighted by atomic mass is 10.0. The van der Waals surface area contributed by atoms with E-state index in [1.165, 1.54) is 21.5 Å². The predicted octanol–water partition coefficient (Wildman–Crippen LogP) is 5.46. The van der Waals surface area contributed by atoms with E-state index in [1.54, 1.807) is 0 Å². The minimum absolute atomic E-state index is 1.16. The fourth-order valence-corrected chi connectivity index (χ4v) is 2.60. The van der Waals surface area contributed by atoms with Crippen LogP contribution in [0.5, 0.6) is 0 Å². The topological polar surface area (TPSA) is 34.1 Å². The summed E-state index contributed by atoms with van der Waals surface area (Å²) in [5.41, 5.74) is 0. The monoisotopic (exact) mass is 390 g/mol. The summed E-state index contributed by atoms with van der Waals surface area (Å²) in [7, 11) is 4.81. The molecule has 0 saturated carbocycles.